The van der Waals surface area contributed by atoms with Crippen LogP contribution in [0.1, 0.15) is 33.6 Å². The summed E-state index contributed by atoms with van der Waals surface area (Å²) in [5, 5.41) is 9.28. The average Bonchev–Trinajstić information content (AvgIpc) is 2.36. The first-order valence-corrected chi connectivity index (χ1v) is 7.75. The van der Waals surface area contributed by atoms with Gasteiger partial charge in [0.15, 0.2) is 0 Å². The van der Waals surface area contributed by atoms with Crippen LogP contribution in [0.4, 0.5) is 0 Å². The highest BCUT2D eigenvalue weighted by Crippen LogP contribution is 2.11. The molecule has 0 aromatic rings. The van der Waals surface area contributed by atoms with Gasteiger partial charge in [-0.15, -0.1) is 0 Å². The highest BCUT2D eigenvalue weighted by molar-refractivity contribution is 7.86. The van der Waals surface area contributed by atoms with Gasteiger partial charge in [0.25, 0.3) is 10.1 Å². The van der Waals surface area contributed by atoms with E-state index < -0.39 is 21.5 Å². The number of aliphatic hydroxyl groups is 1. The van der Waals surface area contributed by atoms with Gasteiger partial charge < -0.3 is 9.84 Å². The molecule has 2 N–H and O–H groups in total. The molecule has 7 heteroatoms. The number of allylic oxidation sites excluding steroid dienone is 2. The number of esters is 1. The summed E-state index contributed by atoms with van der Waals surface area (Å²) in [4.78, 5) is 11.0. The molecular formula is C14H20O6S. The fourth-order valence-electron chi connectivity index (χ4n) is 1.36. The summed E-state index contributed by atoms with van der Waals surface area (Å²) in [5.74, 6) is 4.09. The molecule has 0 saturated heterocycles. The smallest absolute Gasteiger partial charge is 0.384 e. The molecule has 0 radical (unpaired) electrons. The number of carbonyl (C=O) groups is 1. The molecule has 0 aromatic carbocycles. The van der Waals surface area contributed by atoms with E-state index >= 15 is 0 Å². The molecule has 0 saturated carbocycles. The molecular weight excluding hydrogens is 296 g/mol. The number of carbonyl (C=O) groups excluding carboxylic acids is 1. The monoisotopic (exact) mass is 316 g/mol. The molecule has 0 rings (SSSR count). The minimum atomic E-state index is -4.48. The second-order valence-electron chi connectivity index (χ2n) is 4.38. The molecule has 0 aliphatic carbocycles. The largest absolute Gasteiger partial charge is 0.452 e. The lowest BCUT2D eigenvalue weighted by Gasteiger charge is -2.07. The highest BCUT2D eigenvalue weighted by Gasteiger charge is 2.20. The first-order chi connectivity index (χ1) is 9.68. The third-order valence-electron chi connectivity index (χ3n) is 2.55. The zero-order valence-corrected chi connectivity index (χ0v) is 13.1. The third kappa shape index (κ3) is 9.02. The summed E-state index contributed by atoms with van der Waals surface area (Å²) in [7, 11) is -4.48. The van der Waals surface area contributed by atoms with Crippen LogP contribution >= 0.6 is 0 Å². The Kier molecular flexibility index (Phi) is 8.62. The zero-order chi connectivity index (χ0) is 16.5. The van der Waals surface area contributed by atoms with Crippen LogP contribution in [0.3, 0.4) is 0 Å². The summed E-state index contributed by atoms with van der Waals surface area (Å²) < 4.78 is 34.9. The van der Waals surface area contributed by atoms with Gasteiger partial charge in [0.2, 0.25) is 5.44 Å². The van der Waals surface area contributed by atoms with Crippen molar-refractivity contribution >= 4 is 16.1 Å². The van der Waals surface area contributed by atoms with Crippen molar-refractivity contribution in [3.8, 4) is 11.8 Å². The summed E-state index contributed by atoms with van der Waals surface area (Å²) >= 11 is 0. The third-order valence-corrected chi connectivity index (χ3v) is 3.49. The van der Waals surface area contributed by atoms with Crippen LogP contribution in [0, 0.1) is 11.8 Å². The normalized spacial score (nSPS) is 14.1. The number of rotatable bonds is 7. The minimum Gasteiger partial charge on any atom is -0.452 e. The number of aliphatic hydroxyl groups excluding tert-OH is 1. The van der Waals surface area contributed by atoms with Crippen LogP contribution < -0.4 is 0 Å². The van der Waals surface area contributed by atoms with E-state index in [1.807, 2.05) is 6.92 Å². The van der Waals surface area contributed by atoms with Crippen LogP contribution in [-0.4, -0.2) is 36.1 Å². The van der Waals surface area contributed by atoms with Gasteiger partial charge in [-0.2, -0.15) is 8.42 Å². The Hall–Kier alpha value is -1.62. The molecule has 118 valence electrons. The van der Waals surface area contributed by atoms with Gasteiger partial charge in [-0.25, -0.2) is 4.79 Å². The molecule has 0 aliphatic rings. The number of hydrogen-bond donors (Lipinski definition) is 2. The van der Waals surface area contributed by atoms with Crippen molar-refractivity contribution < 1.29 is 27.6 Å². The molecule has 0 aromatic heterocycles. The van der Waals surface area contributed by atoms with Gasteiger partial charge in [-0.05, 0) is 45.3 Å². The molecule has 21 heavy (non-hydrogen) atoms. The van der Waals surface area contributed by atoms with Gasteiger partial charge in [-0.3, -0.25) is 4.55 Å². The van der Waals surface area contributed by atoms with E-state index in [2.05, 4.69) is 11.8 Å². The standard InChI is InChI=1S/C14H20O6S/c1-4-6-13(15)20-10-9-11(2)7-5-8-12(3)14(16)21(17,18)19/h8-9,14,16H,5,7,10H2,1-3H3,(H,17,18,19). The predicted molar refractivity (Wildman–Crippen MR) is 78.7 cm³/mol. The topological polar surface area (TPSA) is 101 Å². The van der Waals surface area contributed by atoms with E-state index in [9.17, 15) is 18.3 Å². The Labute approximate surface area is 125 Å². The quantitative estimate of drug-likeness (QED) is 0.242. The van der Waals surface area contributed by atoms with E-state index in [1.165, 1.54) is 19.9 Å². The maximum absolute atomic E-state index is 11.0. The SMILES string of the molecule is CC#CC(=O)OCC=C(C)CCC=C(C)C(O)S(=O)(=O)O. The lowest BCUT2D eigenvalue weighted by atomic mass is 10.1. The van der Waals surface area contributed by atoms with Crippen molar-refractivity contribution in [2.75, 3.05) is 6.61 Å². The summed E-state index contributed by atoms with van der Waals surface area (Å²) in [5.41, 5.74) is -0.789. The molecule has 0 heterocycles. The van der Waals surface area contributed by atoms with Crippen LogP contribution in [-0.2, 0) is 19.6 Å². The van der Waals surface area contributed by atoms with Crippen molar-refractivity contribution in [1.29, 1.82) is 0 Å². The van der Waals surface area contributed by atoms with Gasteiger partial charge in [0, 0.05) is 5.92 Å². The molecule has 0 aliphatic heterocycles. The van der Waals surface area contributed by atoms with Crippen LogP contribution in [0.2, 0.25) is 0 Å². The molecule has 1 atom stereocenters. The van der Waals surface area contributed by atoms with Crippen LogP contribution in [0.25, 0.3) is 0 Å². The molecule has 0 spiro atoms. The summed E-state index contributed by atoms with van der Waals surface area (Å²) in [6.45, 7) is 4.91. The van der Waals surface area contributed by atoms with Crippen molar-refractivity contribution in [2.45, 2.75) is 39.0 Å². The number of hydrogen-bond acceptors (Lipinski definition) is 5. The van der Waals surface area contributed by atoms with Crippen LogP contribution in [0.15, 0.2) is 23.3 Å². The zero-order valence-electron chi connectivity index (χ0n) is 12.3. The Balaban J connectivity index is 4.27. The van der Waals surface area contributed by atoms with Gasteiger partial charge in [0.1, 0.15) is 6.61 Å². The first-order valence-electron chi connectivity index (χ1n) is 6.24. The lowest BCUT2D eigenvalue weighted by Crippen LogP contribution is -2.20. The summed E-state index contributed by atoms with van der Waals surface area (Å²) in [6.07, 6.45) is 4.35. The fraction of sp³-hybridized carbons (Fsp3) is 0.500. The Morgan fingerprint density at radius 1 is 1.33 bits per heavy atom. The second kappa shape index (κ2) is 9.34. The maximum atomic E-state index is 11.0. The van der Waals surface area contributed by atoms with Crippen molar-refractivity contribution in [1.82, 2.24) is 0 Å². The summed E-state index contributed by atoms with van der Waals surface area (Å²) in [6, 6.07) is 0. The van der Waals surface area contributed by atoms with E-state index in [0.717, 1.165) is 5.57 Å². The van der Waals surface area contributed by atoms with Crippen molar-refractivity contribution in [2.24, 2.45) is 0 Å². The average molecular weight is 316 g/mol. The molecule has 6 nitrogen and oxygen atoms in total. The second-order valence-corrected chi connectivity index (χ2v) is 5.85. The van der Waals surface area contributed by atoms with Crippen LogP contribution in [0.5, 0.6) is 0 Å². The van der Waals surface area contributed by atoms with E-state index in [1.54, 1.807) is 6.08 Å². The fourth-order valence-corrected chi connectivity index (χ4v) is 1.93. The predicted octanol–water partition coefficient (Wildman–Crippen LogP) is 1.43. The first kappa shape index (κ1) is 19.4. The van der Waals surface area contributed by atoms with Crippen molar-refractivity contribution in [3.63, 3.8) is 0 Å². The van der Waals surface area contributed by atoms with Gasteiger partial charge in [0.05, 0.1) is 0 Å². The highest BCUT2D eigenvalue weighted by atomic mass is 32.2. The molecule has 0 fully saturated rings. The maximum Gasteiger partial charge on any atom is 0.384 e. The molecule has 0 amide bonds. The molecule has 0 bridgehead atoms. The minimum absolute atomic E-state index is 0.121. The van der Waals surface area contributed by atoms with E-state index in [-0.39, 0.29) is 12.2 Å². The Bertz CT molecular complexity index is 574. The van der Waals surface area contributed by atoms with E-state index in [0.29, 0.717) is 12.8 Å². The molecule has 1 unspecified atom stereocenters. The number of ether oxygens (including phenoxy) is 1. The lowest BCUT2D eigenvalue weighted by molar-refractivity contribution is -0.135. The Morgan fingerprint density at radius 2 is 1.95 bits per heavy atom. The Morgan fingerprint density at radius 3 is 2.48 bits per heavy atom. The van der Waals surface area contributed by atoms with Gasteiger partial charge in [-0.1, -0.05) is 17.6 Å². The van der Waals surface area contributed by atoms with Gasteiger partial charge >= 0.3 is 5.97 Å². The van der Waals surface area contributed by atoms with Crippen molar-refractivity contribution in [3.05, 3.63) is 23.3 Å². The van der Waals surface area contributed by atoms with E-state index in [4.69, 9.17) is 9.29 Å².